The van der Waals surface area contributed by atoms with Gasteiger partial charge in [0.05, 0.1) is 0 Å². The normalized spacial score (nSPS) is 45.7. The molecule has 0 spiro atoms. The highest BCUT2D eigenvalue weighted by Crippen LogP contribution is 2.60. The third kappa shape index (κ3) is 1.57. The second kappa shape index (κ2) is 3.60. The minimum absolute atomic E-state index is 0.529. The van der Waals surface area contributed by atoms with Crippen molar-refractivity contribution >= 4 is 0 Å². The van der Waals surface area contributed by atoms with E-state index in [1.807, 2.05) is 0 Å². The first-order valence-electron chi connectivity index (χ1n) is 7.06. The van der Waals surface area contributed by atoms with E-state index in [9.17, 15) is 0 Å². The fourth-order valence-electron chi connectivity index (χ4n) is 4.79. The molecule has 0 aromatic rings. The van der Waals surface area contributed by atoms with Crippen molar-refractivity contribution in [3.8, 4) is 0 Å². The third-order valence-corrected chi connectivity index (χ3v) is 5.78. The zero-order chi connectivity index (χ0) is 12.2. The molecule has 3 aliphatic carbocycles. The van der Waals surface area contributed by atoms with Gasteiger partial charge < -0.3 is 0 Å². The van der Waals surface area contributed by atoms with Crippen molar-refractivity contribution in [2.45, 2.75) is 45.4 Å². The fraction of sp³-hybridized carbons (Fsp3) is 0.647. The van der Waals surface area contributed by atoms with E-state index in [0.717, 1.165) is 17.8 Å². The van der Waals surface area contributed by atoms with E-state index >= 15 is 0 Å². The first-order valence-corrected chi connectivity index (χ1v) is 7.06. The van der Waals surface area contributed by atoms with E-state index in [2.05, 4.69) is 26.7 Å². The first kappa shape index (κ1) is 11.3. The second-order valence-corrected chi connectivity index (χ2v) is 6.86. The summed E-state index contributed by atoms with van der Waals surface area (Å²) in [6.07, 6.45) is 7.89. The van der Waals surface area contributed by atoms with E-state index in [4.69, 9.17) is 0 Å². The van der Waals surface area contributed by atoms with E-state index < -0.39 is 0 Å². The van der Waals surface area contributed by atoms with Crippen molar-refractivity contribution in [2.75, 3.05) is 0 Å². The Morgan fingerprint density at radius 1 is 1.24 bits per heavy atom. The predicted octanol–water partition coefficient (Wildman–Crippen LogP) is 4.89. The highest BCUT2D eigenvalue weighted by Gasteiger charge is 2.49. The molecule has 0 heterocycles. The lowest BCUT2D eigenvalue weighted by molar-refractivity contribution is 0.0496. The van der Waals surface area contributed by atoms with Crippen molar-refractivity contribution in [3.63, 3.8) is 0 Å². The van der Waals surface area contributed by atoms with Crippen LogP contribution >= 0.6 is 0 Å². The molecule has 3 rings (SSSR count). The van der Waals surface area contributed by atoms with Gasteiger partial charge in [-0.25, -0.2) is 0 Å². The van der Waals surface area contributed by atoms with Crippen LogP contribution < -0.4 is 0 Å². The quantitative estimate of drug-likeness (QED) is 0.518. The zero-order valence-corrected chi connectivity index (χ0v) is 11.1. The van der Waals surface area contributed by atoms with Crippen LogP contribution in [0.25, 0.3) is 0 Å². The predicted molar refractivity (Wildman–Crippen MR) is 73.7 cm³/mol. The molecule has 3 fully saturated rings. The number of allylic oxidation sites excluding steroid dienone is 3. The van der Waals surface area contributed by atoms with Crippen LogP contribution in [-0.2, 0) is 0 Å². The Kier molecular flexibility index (Phi) is 2.40. The molecule has 0 aliphatic heterocycles. The van der Waals surface area contributed by atoms with Crippen LogP contribution in [0.1, 0.15) is 45.4 Å². The molecular weight excluding hydrogens is 204 g/mol. The Labute approximate surface area is 105 Å². The molecule has 2 unspecified atom stereocenters. The van der Waals surface area contributed by atoms with Gasteiger partial charge in [0.2, 0.25) is 0 Å². The third-order valence-electron chi connectivity index (χ3n) is 5.78. The molecule has 0 aromatic carbocycles. The monoisotopic (exact) mass is 228 g/mol. The van der Waals surface area contributed by atoms with Gasteiger partial charge in [0.1, 0.15) is 0 Å². The summed E-state index contributed by atoms with van der Waals surface area (Å²) in [7, 11) is 0. The molecule has 0 bridgehead atoms. The van der Waals surface area contributed by atoms with E-state index in [0.29, 0.717) is 5.41 Å². The van der Waals surface area contributed by atoms with Crippen LogP contribution in [0.15, 0.2) is 36.5 Å². The molecule has 0 aromatic heterocycles. The average molecular weight is 228 g/mol. The maximum atomic E-state index is 4.35. The van der Waals surface area contributed by atoms with Crippen molar-refractivity contribution < 1.29 is 0 Å². The van der Waals surface area contributed by atoms with Gasteiger partial charge in [-0.2, -0.15) is 0 Å². The van der Waals surface area contributed by atoms with Gasteiger partial charge in [0.25, 0.3) is 0 Å². The van der Waals surface area contributed by atoms with E-state index in [1.165, 1.54) is 55.2 Å². The maximum Gasteiger partial charge on any atom is -0.0128 e. The molecule has 0 nitrogen and oxygen atoms in total. The van der Waals surface area contributed by atoms with Crippen LogP contribution in [-0.4, -0.2) is 0 Å². The largest absolute Gasteiger partial charge is 0.0996 e. The lowest BCUT2D eigenvalue weighted by Gasteiger charge is -2.50. The van der Waals surface area contributed by atoms with Crippen LogP contribution in [0, 0.1) is 23.2 Å². The van der Waals surface area contributed by atoms with Crippen molar-refractivity contribution in [1.29, 1.82) is 0 Å². The summed E-state index contributed by atoms with van der Waals surface area (Å²) in [6, 6.07) is 0. The summed E-state index contributed by atoms with van der Waals surface area (Å²) < 4.78 is 0. The highest BCUT2D eigenvalue weighted by atomic mass is 14.5. The summed E-state index contributed by atoms with van der Waals surface area (Å²) in [4.78, 5) is 0. The zero-order valence-electron chi connectivity index (χ0n) is 11.1. The highest BCUT2D eigenvalue weighted by molar-refractivity contribution is 5.36. The molecule has 92 valence electrons. The molecule has 4 atom stereocenters. The molecule has 0 saturated heterocycles. The van der Waals surface area contributed by atoms with Gasteiger partial charge in [0, 0.05) is 0 Å². The minimum atomic E-state index is 0.529. The molecule has 0 heteroatoms. The summed E-state index contributed by atoms with van der Waals surface area (Å²) in [5, 5.41) is 0. The molecule has 17 heavy (non-hydrogen) atoms. The number of rotatable bonds is 0. The topological polar surface area (TPSA) is 0 Å². The Morgan fingerprint density at radius 3 is 2.76 bits per heavy atom. The van der Waals surface area contributed by atoms with Crippen LogP contribution in [0.5, 0.6) is 0 Å². The fourth-order valence-corrected chi connectivity index (χ4v) is 4.79. The Bertz CT molecular complexity index is 400. The molecule has 0 radical (unpaired) electrons. The van der Waals surface area contributed by atoms with Gasteiger partial charge in [0.15, 0.2) is 0 Å². The minimum Gasteiger partial charge on any atom is -0.0996 e. The summed E-state index contributed by atoms with van der Waals surface area (Å²) in [6.45, 7) is 15.3. The van der Waals surface area contributed by atoms with E-state index in [-0.39, 0.29) is 0 Å². The summed E-state index contributed by atoms with van der Waals surface area (Å²) in [5.74, 6) is 2.30. The van der Waals surface area contributed by atoms with Gasteiger partial charge >= 0.3 is 0 Å². The van der Waals surface area contributed by atoms with Crippen LogP contribution in [0.2, 0.25) is 0 Å². The van der Waals surface area contributed by atoms with Gasteiger partial charge in [-0.15, -0.1) is 0 Å². The Morgan fingerprint density at radius 2 is 2.00 bits per heavy atom. The molecule has 0 amide bonds. The molecule has 3 aliphatic rings. The Hall–Kier alpha value is -0.780. The number of hydrogen-bond donors (Lipinski definition) is 0. The van der Waals surface area contributed by atoms with Gasteiger partial charge in [-0.05, 0) is 67.3 Å². The number of fused-ring (bicyclic) bond motifs is 2. The SMILES string of the molecule is C=C1C[C@@H]2C[C@@]3(C)CCCC(=C)C3CC2C1=C. The maximum absolute atomic E-state index is 4.35. The lowest BCUT2D eigenvalue weighted by atomic mass is 9.54. The first-order chi connectivity index (χ1) is 8.01. The Balaban J connectivity index is 1.91. The molecule has 0 N–H and O–H groups in total. The smallest absolute Gasteiger partial charge is 0.0128 e. The summed E-state index contributed by atoms with van der Waals surface area (Å²) >= 11 is 0. The van der Waals surface area contributed by atoms with Crippen LogP contribution in [0.3, 0.4) is 0 Å². The van der Waals surface area contributed by atoms with Crippen molar-refractivity contribution in [3.05, 3.63) is 36.5 Å². The van der Waals surface area contributed by atoms with Crippen molar-refractivity contribution in [2.24, 2.45) is 23.2 Å². The molecule has 3 saturated carbocycles. The molecular formula is C17H24. The van der Waals surface area contributed by atoms with Crippen LogP contribution in [0.4, 0.5) is 0 Å². The average Bonchev–Trinajstić information content (AvgIpc) is 2.52. The van der Waals surface area contributed by atoms with Crippen molar-refractivity contribution in [1.82, 2.24) is 0 Å². The van der Waals surface area contributed by atoms with E-state index in [1.54, 1.807) is 0 Å². The standard InChI is InChI=1S/C17H24/c1-11-6-5-7-17(4)10-14-8-12(2)13(3)15(14)9-16(11)17/h14-16H,1-3,5-10H2,4H3/t14-,15?,16?,17-/m1/s1. The summed E-state index contributed by atoms with van der Waals surface area (Å²) in [5.41, 5.74) is 4.73. The number of hydrogen-bond acceptors (Lipinski definition) is 0. The lowest BCUT2D eigenvalue weighted by Crippen LogP contribution is -2.41. The van der Waals surface area contributed by atoms with Gasteiger partial charge in [-0.1, -0.05) is 37.8 Å². The van der Waals surface area contributed by atoms with Gasteiger partial charge in [-0.3, -0.25) is 0 Å². The second-order valence-electron chi connectivity index (χ2n) is 6.86.